The van der Waals surface area contributed by atoms with E-state index in [4.69, 9.17) is 11.6 Å². The van der Waals surface area contributed by atoms with Crippen molar-refractivity contribution in [3.05, 3.63) is 64.7 Å². The van der Waals surface area contributed by atoms with Gasteiger partial charge in [-0.15, -0.1) is 10.2 Å². The molecule has 0 atom stereocenters. The molecular weight excluding hydrogens is 442 g/mol. The highest BCUT2D eigenvalue weighted by molar-refractivity contribution is 7.99. The molecule has 3 rings (SSSR count). The number of amides is 1. The zero-order valence-electron chi connectivity index (χ0n) is 19.0. The largest absolute Gasteiger partial charge is 0.302 e. The van der Waals surface area contributed by atoms with Crippen LogP contribution in [0, 0.1) is 0 Å². The highest BCUT2D eigenvalue weighted by Crippen LogP contribution is 2.27. The third-order valence-electron chi connectivity index (χ3n) is 4.99. The lowest BCUT2D eigenvalue weighted by Gasteiger charge is -2.19. The lowest BCUT2D eigenvalue weighted by atomic mass is 9.87. The normalized spacial score (nSPS) is 12.1. The Morgan fingerprint density at radius 1 is 1.12 bits per heavy atom. The van der Waals surface area contributed by atoms with Crippen LogP contribution in [-0.4, -0.2) is 32.1 Å². The van der Waals surface area contributed by atoms with Gasteiger partial charge in [0.05, 0.1) is 11.5 Å². The number of halogens is 1. The number of benzene rings is 2. The van der Waals surface area contributed by atoms with Crippen LogP contribution in [0.1, 0.15) is 45.7 Å². The van der Waals surface area contributed by atoms with Crippen molar-refractivity contribution in [2.24, 2.45) is 5.10 Å². The summed E-state index contributed by atoms with van der Waals surface area (Å²) in [7, 11) is 0. The van der Waals surface area contributed by atoms with Crippen LogP contribution in [0.4, 0.5) is 0 Å². The van der Waals surface area contributed by atoms with E-state index in [2.05, 4.69) is 65.8 Å². The summed E-state index contributed by atoms with van der Waals surface area (Å²) in [5.74, 6) is 0.756. The minimum atomic E-state index is -0.219. The average molecular weight is 470 g/mol. The topological polar surface area (TPSA) is 72.2 Å². The SMILES string of the molecule is CCn1c(SCC(=O)N/N=C(/C)c2ccccc2Cl)nnc1-c1ccc(C(C)(C)C)cc1. The molecule has 0 saturated carbocycles. The zero-order chi connectivity index (χ0) is 23.3. The van der Waals surface area contributed by atoms with Crippen LogP contribution in [0.3, 0.4) is 0 Å². The number of nitrogens with one attached hydrogen (secondary N) is 1. The minimum absolute atomic E-state index is 0.0953. The Morgan fingerprint density at radius 3 is 2.44 bits per heavy atom. The van der Waals surface area contributed by atoms with E-state index in [0.29, 0.717) is 22.4 Å². The molecule has 0 saturated heterocycles. The molecule has 1 heterocycles. The van der Waals surface area contributed by atoms with Gasteiger partial charge in [-0.2, -0.15) is 5.10 Å². The molecule has 168 valence electrons. The van der Waals surface area contributed by atoms with Crippen molar-refractivity contribution in [1.29, 1.82) is 0 Å². The molecule has 0 fully saturated rings. The fourth-order valence-electron chi connectivity index (χ4n) is 3.14. The highest BCUT2D eigenvalue weighted by Gasteiger charge is 2.17. The number of carbonyl (C=O) groups excluding carboxylic acids is 1. The first kappa shape index (κ1) is 24.0. The second-order valence-electron chi connectivity index (χ2n) is 8.38. The molecule has 0 radical (unpaired) electrons. The van der Waals surface area contributed by atoms with Gasteiger partial charge < -0.3 is 4.57 Å². The van der Waals surface area contributed by atoms with Gasteiger partial charge in [0, 0.05) is 22.7 Å². The Hall–Kier alpha value is -2.64. The van der Waals surface area contributed by atoms with E-state index in [1.54, 1.807) is 13.0 Å². The van der Waals surface area contributed by atoms with E-state index in [-0.39, 0.29) is 17.1 Å². The first-order chi connectivity index (χ1) is 15.2. The molecule has 0 aliphatic heterocycles. The summed E-state index contributed by atoms with van der Waals surface area (Å²) in [6.07, 6.45) is 0. The summed E-state index contributed by atoms with van der Waals surface area (Å²) >= 11 is 7.51. The third-order valence-corrected chi connectivity index (χ3v) is 6.28. The first-order valence-electron chi connectivity index (χ1n) is 10.5. The lowest BCUT2D eigenvalue weighted by molar-refractivity contribution is -0.118. The summed E-state index contributed by atoms with van der Waals surface area (Å²) in [4.78, 5) is 12.3. The second-order valence-corrected chi connectivity index (χ2v) is 9.73. The van der Waals surface area contributed by atoms with Gasteiger partial charge in [0.1, 0.15) is 0 Å². The number of hydrogen-bond acceptors (Lipinski definition) is 5. The summed E-state index contributed by atoms with van der Waals surface area (Å²) < 4.78 is 2.02. The number of rotatable bonds is 7. The maximum absolute atomic E-state index is 12.3. The predicted octanol–water partition coefficient (Wildman–Crippen LogP) is 5.55. The van der Waals surface area contributed by atoms with Crippen LogP contribution in [0.15, 0.2) is 58.8 Å². The molecule has 0 bridgehead atoms. The van der Waals surface area contributed by atoms with E-state index in [1.807, 2.05) is 29.7 Å². The smallest absolute Gasteiger partial charge is 0.250 e. The van der Waals surface area contributed by atoms with Crippen LogP contribution in [-0.2, 0) is 16.8 Å². The van der Waals surface area contributed by atoms with E-state index >= 15 is 0 Å². The first-order valence-corrected chi connectivity index (χ1v) is 11.8. The molecular formula is C24H28ClN5OS. The number of hydrazone groups is 1. The molecule has 6 nitrogen and oxygen atoms in total. The van der Waals surface area contributed by atoms with Gasteiger partial charge in [-0.05, 0) is 30.9 Å². The predicted molar refractivity (Wildman–Crippen MR) is 132 cm³/mol. The number of aromatic nitrogens is 3. The molecule has 8 heteroatoms. The van der Waals surface area contributed by atoms with E-state index in [0.717, 1.165) is 17.0 Å². The monoisotopic (exact) mass is 469 g/mol. The molecule has 0 aliphatic rings. The van der Waals surface area contributed by atoms with Crippen LogP contribution < -0.4 is 5.43 Å². The van der Waals surface area contributed by atoms with Gasteiger partial charge in [0.15, 0.2) is 11.0 Å². The molecule has 0 aliphatic carbocycles. The minimum Gasteiger partial charge on any atom is -0.302 e. The Labute approximate surface area is 198 Å². The van der Waals surface area contributed by atoms with E-state index < -0.39 is 0 Å². The van der Waals surface area contributed by atoms with Gasteiger partial charge in [-0.1, -0.05) is 86.6 Å². The van der Waals surface area contributed by atoms with Gasteiger partial charge in [0.25, 0.3) is 5.91 Å². The Kier molecular flexibility index (Phi) is 7.74. The van der Waals surface area contributed by atoms with E-state index in [9.17, 15) is 4.79 Å². The van der Waals surface area contributed by atoms with Crippen molar-refractivity contribution < 1.29 is 4.79 Å². The molecule has 0 spiro atoms. The quantitative estimate of drug-likeness (QED) is 0.280. The Balaban J connectivity index is 1.66. The molecule has 1 amide bonds. The second kappa shape index (κ2) is 10.3. The fourth-order valence-corrected chi connectivity index (χ4v) is 4.20. The third kappa shape index (κ3) is 5.78. The van der Waals surface area contributed by atoms with Crippen LogP contribution >= 0.6 is 23.4 Å². The molecule has 3 aromatic rings. The summed E-state index contributed by atoms with van der Waals surface area (Å²) in [5, 5.41) is 14.1. The Bertz CT molecular complexity index is 1120. The van der Waals surface area contributed by atoms with Crippen molar-refractivity contribution in [2.75, 3.05) is 5.75 Å². The van der Waals surface area contributed by atoms with Crippen molar-refractivity contribution in [2.45, 2.75) is 51.7 Å². The molecule has 2 aromatic carbocycles. The standard InChI is InChI=1S/C24H28ClN5OS/c1-6-30-22(17-11-13-18(14-12-17)24(3,4)5)28-29-23(30)32-15-21(31)27-26-16(2)19-9-7-8-10-20(19)25/h7-14H,6,15H2,1-5H3,(H,27,31)/b26-16-. The van der Waals surface area contributed by atoms with E-state index in [1.165, 1.54) is 17.3 Å². The Morgan fingerprint density at radius 2 is 1.81 bits per heavy atom. The highest BCUT2D eigenvalue weighted by atomic mass is 35.5. The van der Waals surface area contributed by atoms with Crippen molar-refractivity contribution in [3.8, 4) is 11.4 Å². The number of hydrogen-bond donors (Lipinski definition) is 1. The lowest BCUT2D eigenvalue weighted by Crippen LogP contribution is -2.21. The number of carbonyl (C=O) groups is 1. The zero-order valence-corrected chi connectivity index (χ0v) is 20.6. The van der Waals surface area contributed by atoms with Crippen molar-refractivity contribution >= 4 is 35.0 Å². The maximum atomic E-state index is 12.3. The summed E-state index contributed by atoms with van der Waals surface area (Å²) in [6.45, 7) is 11.1. The average Bonchev–Trinajstić information content (AvgIpc) is 3.18. The molecule has 0 unspecified atom stereocenters. The van der Waals surface area contributed by atoms with Gasteiger partial charge in [-0.25, -0.2) is 5.43 Å². The summed E-state index contributed by atoms with van der Waals surface area (Å²) in [6, 6.07) is 15.8. The maximum Gasteiger partial charge on any atom is 0.250 e. The van der Waals surface area contributed by atoms with Gasteiger partial charge in [-0.3, -0.25) is 4.79 Å². The molecule has 32 heavy (non-hydrogen) atoms. The van der Waals surface area contributed by atoms with Crippen molar-refractivity contribution in [1.82, 2.24) is 20.2 Å². The van der Waals surface area contributed by atoms with Crippen LogP contribution in [0.2, 0.25) is 5.02 Å². The van der Waals surface area contributed by atoms with Crippen LogP contribution in [0.25, 0.3) is 11.4 Å². The van der Waals surface area contributed by atoms with Crippen molar-refractivity contribution in [3.63, 3.8) is 0 Å². The van der Waals surface area contributed by atoms with Gasteiger partial charge in [0.2, 0.25) is 0 Å². The fraction of sp³-hybridized carbons (Fsp3) is 0.333. The molecule has 1 aromatic heterocycles. The number of thioether (sulfide) groups is 1. The van der Waals surface area contributed by atoms with Gasteiger partial charge >= 0.3 is 0 Å². The van der Waals surface area contributed by atoms with Crippen LogP contribution in [0.5, 0.6) is 0 Å². The summed E-state index contributed by atoms with van der Waals surface area (Å²) in [5.41, 5.74) is 6.38. The molecule has 1 N–H and O–H groups in total. The number of nitrogens with zero attached hydrogens (tertiary/aromatic N) is 4.